The van der Waals surface area contributed by atoms with E-state index in [1.54, 1.807) is 77.3 Å². The number of benzene rings is 4. The van der Waals surface area contributed by atoms with Gasteiger partial charge in [-0.25, -0.2) is 21.6 Å². The van der Waals surface area contributed by atoms with Crippen LogP contribution in [-0.2, 0) is 43.2 Å². The molecule has 6 aromatic rings. The Kier molecular flexibility index (Phi) is 22.1. The highest BCUT2D eigenvalue weighted by Gasteiger charge is 2.19. The number of anilines is 2. The third-order valence-electron chi connectivity index (χ3n) is 9.11. The van der Waals surface area contributed by atoms with Gasteiger partial charge in [0.25, 0.3) is 5.91 Å². The molecule has 0 aliphatic carbocycles. The van der Waals surface area contributed by atoms with E-state index in [-0.39, 0.29) is 50.4 Å². The second kappa shape index (κ2) is 27.2. The van der Waals surface area contributed by atoms with Crippen molar-refractivity contribution >= 4 is 65.8 Å². The molecule has 73 heavy (non-hydrogen) atoms. The number of nitrogens with one attached hydrogen (secondary N) is 1. The summed E-state index contributed by atoms with van der Waals surface area (Å²) in [6, 6.07) is 24.5. The number of carbonyl (C=O) groups excluding carboxylic acids is 1. The van der Waals surface area contributed by atoms with Crippen molar-refractivity contribution in [2.45, 2.75) is 88.6 Å². The van der Waals surface area contributed by atoms with Crippen LogP contribution >= 0.6 is 22.6 Å². The van der Waals surface area contributed by atoms with Gasteiger partial charge >= 0.3 is 5.97 Å². The molecule has 4 aromatic carbocycles. The number of aryl methyl sites for hydroxylation is 2. The Morgan fingerprint density at radius 3 is 1.37 bits per heavy atom. The molecule has 1 amide bonds. The number of alkyl halides is 1. The number of carboxylic acid groups (broad SMARTS) is 1. The van der Waals surface area contributed by atoms with Crippen LogP contribution in [-0.4, -0.2) is 107 Å². The minimum Gasteiger partial charge on any atom is -0.488 e. The Bertz CT molecular complexity index is 2960. The number of nitrogen functional groups attached to an aromatic ring is 1. The number of aromatic carboxylic acids is 1. The highest BCUT2D eigenvalue weighted by molar-refractivity contribution is 14.1. The van der Waals surface area contributed by atoms with Crippen LogP contribution in [0.1, 0.15) is 77.5 Å². The average Bonchev–Trinajstić information content (AvgIpc) is 3.89. The minimum atomic E-state index is -3.32. The van der Waals surface area contributed by atoms with Crippen molar-refractivity contribution in [1.29, 1.82) is 0 Å². The zero-order chi connectivity index (χ0) is 55.6. The van der Waals surface area contributed by atoms with Crippen molar-refractivity contribution < 1.29 is 61.3 Å². The number of carboxylic acids is 1. The third kappa shape index (κ3) is 23.0. The molecule has 0 saturated heterocycles. The summed E-state index contributed by atoms with van der Waals surface area (Å²) < 4.78 is 90.9. The minimum absolute atomic E-state index is 0.00851. The van der Waals surface area contributed by atoms with Gasteiger partial charge in [-0.2, -0.15) is 10.2 Å². The van der Waals surface area contributed by atoms with Gasteiger partial charge in [-0.1, -0.05) is 22.6 Å². The lowest BCUT2D eigenvalue weighted by atomic mass is 10.1. The Hall–Kier alpha value is -6.21. The summed E-state index contributed by atoms with van der Waals surface area (Å²) in [5.74, 6) is 1.63. The number of hydrogen-bond acceptors (Lipinski definition) is 15. The van der Waals surface area contributed by atoms with Gasteiger partial charge in [0, 0.05) is 64.1 Å². The van der Waals surface area contributed by atoms with Crippen LogP contribution in [0, 0.1) is 0 Å². The first-order chi connectivity index (χ1) is 34.3. The monoisotopic (exact) mass is 1160 g/mol. The first-order valence-electron chi connectivity index (χ1n) is 23.0. The fourth-order valence-electron chi connectivity index (χ4n) is 5.80. The lowest BCUT2D eigenvalue weighted by Gasteiger charge is -2.23. The van der Waals surface area contributed by atoms with Gasteiger partial charge in [-0.05, 0) is 139 Å². The number of halogens is 1. The Balaban J connectivity index is 0.000000332. The Morgan fingerprint density at radius 2 is 1.04 bits per heavy atom. The molecule has 0 unspecified atom stereocenters. The molecule has 0 saturated carbocycles. The summed E-state index contributed by atoms with van der Waals surface area (Å²) in [5.41, 5.74) is 4.94. The summed E-state index contributed by atoms with van der Waals surface area (Å²) in [5, 5.41) is 20.1. The molecule has 22 heteroatoms. The number of aromatic nitrogens is 4. The van der Waals surface area contributed by atoms with Crippen molar-refractivity contribution in [1.82, 2.24) is 19.6 Å². The van der Waals surface area contributed by atoms with Gasteiger partial charge in [0.2, 0.25) is 0 Å². The molecule has 0 bridgehead atoms. The second-order valence-corrected chi connectivity index (χ2v) is 22.4. The van der Waals surface area contributed by atoms with Crippen LogP contribution in [0.25, 0.3) is 0 Å². The Labute approximate surface area is 443 Å². The second-order valence-electron chi connectivity index (χ2n) is 18.3. The van der Waals surface area contributed by atoms with Crippen molar-refractivity contribution in [3.8, 4) is 34.5 Å². The number of rotatable bonds is 17. The first-order valence-corrected chi connectivity index (χ1v) is 27.6. The van der Waals surface area contributed by atoms with Crippen LogP contribution in [0.3, 0.4) is 0 Å². The molecule has 0 spiro atoms. The zero-order valence-electron chi connectivity index (χ0n) is 44.1. The predicted octanol–water partition coefficient (Wildman–Crippen LogP) is 9.67. The third-order valence-corrected chi connectivity index (χ3v) is 11.4. The molecule has 2 heterocycles. The molecule has 19 nitrogen and oxygen atoms in total. The fourth-order valence-corrected chi connectivity index (χ4v) is 7.07. The molecular weight excluding hydrogens is 1100 g/mol. The summed E-state index contributed by atoms with van der Waals surface area (Å²) in [7, 11) is -3.05. The largest absolute Gasteiger partial charge is 0.488 e. The number of amides is 1. The molecule has 6 rings (SSSR count). The number of sulfone groups is 2. The molecule has 0 fully saturated rings. The van der Waals surface area contributed by atoms with E-state index in [9.17, 15) is 31.5 Å². The van der Waals surface area contributed by atoms with E-state index >= 15 is 0 Å². The van der Waals surface area contributed by atoms with E-state index in [0.29, 0.717) is 64.1 Å². The van der Waals surface area contributed by atoms with Crippen molar-refractivity contribution in [2.75, 3.05) is 41.7 Å². The highest BCUT2D eigenvalue weighted by atomic mass is 127. The molecule has 2 atom stereocenters. The van der Waals surface area contributed by atoms with E-state index in [1.165, 1.54) is 48.5 Å². The molecule has 0 aliphatic rings. The zero-order valence-corrected chi connectivity index (χ0v) is 46.9. The topological polar surface area (TPSA) is 252 Å². The molecule has 0 radical (unpaired) electrons. The van der Waals surface area contributed by atoms with Crippen LogP contribution in [0.15, 0.2) is 119 Å². The molecule has 4 N–H and O–H groups in total. The van der Waals surface area contributed by atoms with Gasteiger partial charge in [0.15, 0.2) is 25.5 Å². The summed E-state index contributed by atoms with van der Waals surface area (Å²) >= 11 is 1.96. The van der Waals surface area contributed by atoms with Gasteiger partial charge in [0.05, 0.1) is 39.8 Å². The first kappa shape index (κ1) is 59.4. The molecule has 2 aromatic heterocycles. The maximum absolute atomic E-state index is 12.9. The number of carbonyl (C=O) groups is 2. The number of nitrogens with zero attached hydrogens (tertiary/aromatic N) is 4. The van der Waals surface area contributed by atoms with Crippen molar-refractivity contribution in [3.63, 3.8) is 0 Å². The van der Waals surface area contributed by atoms with E-state index in [1.807, 2.05) is 85.0 Å². The summed E-state index contributed by atoms with van der Waals surface area (Å²) in [6.45, 7) is 16.1. The molecule has 0 aliphatic heterocycles. The number of nitrogens with two attached hydrogens (primary N) is 1. The van der Waals surface area contributed by atoms with Gasteiger partial charge < -0.3 is 44.6 Å². The van der Waals surface area contributed by atoms with E-state index in [2.05, 4.69) is 15.5 Å². The van der Waals surface area contributed by atoms with Gasteiger partial charge in [-0.3, -0.25) is 14.2 Å². The van der Waals surface area contributed by atoms with Crippen molar-refractivity contribution in [3.05, 3.63) is 121 Å². The van der Waals surface area contributed by atoms with E-state index < -0.39 is 25.6 Å². The molecule has 398 valence electrons. The van der Waals surface area contributed by atoms with Gasteiger partial charge in [-0.15, -0.1) is 0 Å². The number of ether oxygens (including phenoxy) is 6. The van der Waals surface area contributed by atoms with Crippen molar-refractivity contribution in [2.24, 2.45) is 14.1 Å². The quantitative estimate of drug-likeness (QED) is 0.0568. The van der Waals surface area contributed by atoms with Gasteiger partial charge in [0.1, 0.15) is 52.5 Å². The predicted molar refractivity (Wildman–Crippen MR) is 289 cm³/mol. The smallest absolute Gasteiger partial charge is 0.335 e. The fraction of sp³-hybridized carbons (Fsp3) is 0.373. The maximum Gasteiger partial charge on any atom is 0.335 e. The normalized spacial score (nSPS) is 12.4. The van der Waals surface area contributed by atoms with E-state index in [4.69, 9.17) is 35.5 Å². The summed E-state index contributed by atoms with van der Waals surface area (Å²) in [6.07, 6.45) is 5.19. The van der Waals surface area contributed by atoms with Crippen LogP contribution < -0.4 is 30.0 Å². The van der Waals surface area contributed by atoms with E-state index in [0.717, 1.165) is 12.5 Å². The lowest BCUT2D eigenvalue weighted by Crippen LogP contribution is -2.27. The number of hydrogen-bond donors (Lipinski definition) is 3. The highest BCUT2D eigenvalue weighted by Crippen LogP contribution is 2.31. The SMILES string of the molecule is C[C@@H](COC(C)(C)C)Oc1cc(Oc2ccc(S(C)(=O)=O)cc2)cc(C(=O)Nc2ccn(C)n2)c1.C[C@@H](COC(C)(C)C)Oc1cc(Oc2ccc(S(C)(=O)=O)cc2)cc(C(=O)O)c1.Cn1ccc(N)n1.[2H]CI. The van der Waals surface area contributed by atoms with Crippen LogP contribution in [0.5, 0.6) is 34.5 Å². The van der Waals surface area contributed by atoms with Crippen LogP contribution in [0.4, 0.5) is 11.6 Å². The van der Waals surface area contributed by atoms with Crippen LogP contribution in [0.2, 0.25) is 0 Å². The standard InChI is InChI=1S/C25H31N3O6S.C21H26O7S.C4H7N3.CH3I/c1-17(16-32-25(2,3)4)33-20-13-18(24(29)26-23-11-12-28(5)27-23)14-21(15-20)34-19-7-9-22(10-8-19)35(6,30)31;1-14(13-26-21(2,3)4)27-17-10-15(20(22)23)11-18(12-17)28-16-6-8-19(9-7-16)29(5,24)25;1-7-3-2-4(5)6-7;1-2/h7-15,17H,16H2,1-6H3,(H,26,27,29);6-12,14H,13H2,1-5H3,(H,22,23);2-3H,1H3,(H2,5,6);1H3/t17-;14-;;/m00../s1/i;;;1D. The Morgan fingerprint density at radius 1 is 0.658 bits per heavy atom. The molecular formula is C51H67IN6O13S2. The lowest BCUT2D eigenvalue weighted by molar-refractivity contribution is -0.0375. The average molecular weight is 1160 g/mol. The summed E-state index contributed by atoms with van der Waals surface area (Å²) in [4.78, 5) is 25.2. The maximum atomic E-state index is 12.9.